The second kappa shape index (κ2) is 10.5. The molecule has 0 aromatic heterocycles. The highest BCUT2D eigenvalue weighted by Gasteiger charge is 2.09. The highest BCUT2D eigenvalue weighted by atomic mass is 16.5. The van der Waals surface area contributed by atoms with Crippen LogP contribution in [-0.4, -0.2) is 25.7 Å². The molecule has 2 aromatic rings. The van der Waals surface area contributed by atoms with E-state index >= 15 is 0 Å². The van der Waals surface area contributed by atoms with Crippen molar-refractivity contribution in [2.45, 2.75) is 26.4 Å². The smallest absolute Gasteiger partial charge is 0.257 e. The van der Waals surface area contributed by atoms with Crippen LogP contribution in [0, 0.1) is 0 Å². The summed E-state index contributed by atoms with van der Waals surface area (Å²) in [6, 6.07) is 14.6. The van der Waals surface area contributed by atoms with Gasteiger partial charge in [0, 0.05) is 18.0 Å². The van der Waals surface area contributed by atoms with Crippen molar-refractivity contribution in [3.05, 3.63) is 59.7 Å². The van der Waals surface area contributed by atoms with Crippen molar-refractivity contribution >= 4 is 17.3 Å². The lowest BCUT2D eigenvalue weighted by atomic mass is 10.1. The van der Waals surface area contributed by atoms with Gasteiger partial charge in [-0.2, -0.15) is 0 Å². The van der Waals surface area contributed by atoms with Gasteiger partial charge in [-0.3, -0.25) is 4.79 Å². The molecule has 0 unspecified atom stereocenters. The number of ether oxygens (including phenoxy) is 2. The molecule has 0 bridgehead atoms. The average Bonchev–Trinajstić information content (AvgIpc) is 2.61. The summed E-state index contributed by atoms with van der Waals surface area (Å²) in [7, 11) is 0. The summed E-state index contributed by atoms with van der Waals surface area (Å²) < 4.78 is 11.1. The SMILES string of the molecule is CCCCOCCOCc1cccc(NC(=O)c2ccccc2N)c1. The van der Waals surface area contributed by atoms with E-state index in [4.69, 9.17) is 15.2 Å². The summed E-state index contributed by atoms with van der Waals surface area (Å²) in [6.45, 7) is 4.56. The molecule has 0 aliphatic carbocycles. The molecule has 25 heavy (non-hydrogen) atoms. The van der Waals surface area contributed by atoms with E-state index in [2.05, 4.69) is 12.2 Å². The number of nitrogens with two attached hydrogens (primary N) is 1. The van der Waals surface area contributed by atoms with Crippen LogP contribution in [0.1, 0.15) is 35.7 Å². The van der Waals surface area contributed by atoms with Gasteiger partial charge in [-0.15, -0.1) is 0 Å². The maximum absolute atomic E-state index is 12.3. The Bertz CT molecular complexity index is 673. The van der Waals surface area contributed by atoms with Crippen molar-refractivity contribution in [1.82, 2.24) is 0 Å². The van der Waals surface area contributed by atoms with Crippen molar-refractivity contribution < 1.29 is 14.3 Å². The molecule has 0 saturated heterocycles. The Morgan fingerprint density at radius 2 is 1.84 bits per heavy atom. The minimum Gasteiger partial charge on any atom is -0.398 e. The molecule has 5 heteroatoms. The fraction of sp³-hybridized carbons (Fsp3) is 0.350. The van der Waals surface area contributed by atoms with Crippen LogP contribution in [0.5, 0.6) is 0 Å². The van der Waals surface area contributed by atoms with E-state index in [-0.39, 0.29) is 5.91 Å². The van der Waals surface area contributed by atoms with Crippen molar-refractivity contribution in [2.75, 3.05) is 30.9 Å². The van der Waals surface area contributed by atoms with Crippen molar-refractivity contribution in [1.29, 1.82) is 0 Å². The number of para-hydroxylation sites is 1. The van der Waals surface area contributed by atoms with Crippen molar-refractivity contribution in [3.63, 3.8) is 0 Å². The van der Waals surface area contributed by atoms with E-state index in [0.717, 1.165) is 25.0 Å². The number of hydrogen-bond acceptors (Lipinski definition) is 4. The first kappa shape index (κ1) is 19.0. The van der Waals surface area contributed by atoms with Crippen LogP contribution in [0.2, 0.25) is 0 Å². The zero-order valence-electron chi connectivity index (χ0n) is 14.7. The molecule has 0 heterocycles. The normalized spacial score (nSPS) is 10.6. The molecule has 2 aromatic carbocycles. The molecule has 0 aliphatic rings. The van der Waals surface area contributed by atoms with E-state index in [1.54, 1.807) is 24.3 Å². The predicted molar refractivity (Wildman–Crippen MR) is 101 cm³/mol. The van der Waals surface area contributed by atoms with Gasteiger partial charge >= 0.3 is 0 Å². The molecule has 0 spiro atoms. The van der Waals surface area contributed by atoms with Crippen molar-refractivity contribution in [2.24, 2.45) is 0 Å². The molecule has 1 amide bonds. The largest absolute Gasteiger partial charge is 0.398 e. The Morgan fingerprint density at radius 1 is 1.04 bits per heavy atom. The second-order valence-corrected chi connectivity index (χ2v) is 5.76. The number of carbonyl (C=O) groups excluding carboxylic acids is 1. The first-order valence-corrected chi connectivity index (χ1v) is 8.61. The van der Waals surface area contributed by atoms with Crippen LogP contribution in [0.25, 0.3) is 0 Å². The lowest BCUT2D eigenvalue weighted by Crippen LogP contribution is -2.14. The monoisotopic (exact) mass is 342 g/mol. The summed E-state index contributed by atoms with van der Waals surface area (Å²) in [5, 5.41) is 2.87. The van der Waals surface area contributed by atoms with Crippen LogP contribution >= 0.6 is 0 Å². The Balaban J connectivity index is 1.81. The van der Waals surface area contributed by atoms with E-state index in [0.29, 0.717) is 36.8 Å². The predicted octanol–water partition coefficient (Wildman–Crippen LogP) is 3.85. The van der Waals surface area contributed by atoms with Gasteiger partial charge in [0.05, 0.1) is 25.4 Å². The zero-order valence-corrected chi connectivity index (χ0v) is 14.7. The maximum Gasteiger partial charge on any atom is 0.257 e. The molecule has 0 radical (unpaired) electrons. The summed E-state index contributed by atoms with van der Waals surface area (Å²) in [5.74, 6) is -0.222. The van der Waals surface area contributed by atoms with Crippen LogP contribution in [-0.2, 0) is 16.1 Å². The molecule has 3 N–H and O–H groups in total. The van der Waals surface area contributed by atoms with Gasteiger partial charge in [-0.1, -0.05) is 37.6 Å². The summed E-state index contributed by atoms with van der Waals surface area (Å²) in [6.07, 6.45) is 2.21. The molecule has 134 valence electrons. The fourth-order valence-corrected chi connectivity index (χ4v) is 2.30. The maximum atomic E-state index is 12.3. The first-order valence-electron chi connectivity index (χ1n) is 8.61. The van der Waals surface area contributed by atoms with Crippen LogP contribution in [0.4, 0.5) is 11.4 Å². The van der Waals surface area contributed by atoms with Gasteiger partial charge in [0.15, 0.2) is 0 Å². The van der Waals surface area contributed by atoms with Gasteiger partial charge in [0.2, 0.25) is 0 Å². The number of benzene rings is 2. The van der Waals surface area contributed by atoms with Crippen LogP contribution < -0.4 is 11.1 Å². The first-order chi connectivity index (χ1) is 12.2. The number of anilines is 2. The van der Waals surface area contributed by atoms with E-state index in [1.165, 1.54) is 0 Å². The fourth-order valence-electron chi connectivity index (χ4n) is 2.30. The highest BCUT2D eigenvalue weighted by molar-refractivity contribution is 6.07. The number of unbranched alkanes of at least 4 members (excludes halogenated alkanes) is 1. The third-order valence-corrected chi connectivity index (χ3v) is 3.67. The minimum atomic E-state index is -0.222. The minimum absolute atomic E-state index is 0.222. The molecule has 0 saturated carbocycles. The molecular formula is C20H26N2O3. The summed E-state index contributed by atoms with van der Waals surface area (Å²) in [4.78, 5) is 12.3. The van der Waals surface area contributed by atoms with E-state index in [1.807, 2.05) is 24.3 Å². The van der Waals surface area contributed by atoms with E-state index in [9.17, 15) is 4.79 Å². The standard InChI is InChI=1S/C20H26N2O3/c1-2-3-11-24-12-13-25-15-16-7-6-8-17(14-16)22-20(23)18-9-4-5-10-19(18)21/h4-10,14H,2-3,11-13,15,21H2,1H3,(H,22,23). The zero-order chi connectivity index (χ0) is 17.9. The molecule has 0 atom stereocenters. The molecular weight excluding hydrogens is 316 g/mol. The third kappa shape index (κ3) is 6.57. The summed E-state index contributed by atoms with van der Waals surface area (Å²) >= 11 is 0. The lowest BCUT2D eigenvalue weighted by molar-refractivity contribution is 0.0397. The number of rotatable bonds is 10. The van der Waals surface area contributed by atoms with Gasteiger partial charge in [-0.25, -0.2) is 0 Å². The Kier molecular flexibility index (Phi) is 7.95. The Hall–Kier alpha value is -2.37. The Morgan fingerprint density at radius 3 is 2.64 bits per heavy atom. The summed E-state index contributed by atoms with van der Waals surface area (Å²) in [5.41, 5.74) is 8.47. The Labute approximate surface area is 149 Å². The van der Waals surface area contributed by atoms with Gasteiger partial charge < -0.3 is 20.5 Å². The van der Waals surface area contributed by atoms with Crippen LogP contribution in [0.3, 0.4) is 0 Å². The van der Waals surface area contributed by atoms with Gasteiger partial charge in [-0.05, 0) is 36.2 Å². The molecule has 5 nitrogen and oxygen atoms in total. The molecule has 0 aliphatic heterocycles. The van der Waals surface area contributed by atoms with Gasteiger partial charge in [0.1, 0.15) is 0 Å². The highest BCUT2D eigenvalue weighted by Crippen LogP contribution is 2.16. The average molecular weight is 342 g/mol. The number of nitrogens with one attached hydrogen (secondary N) is 1. The number of carbonyl (C=O) groups is 1. The van der Waals surface area contributed by atoms with Crippen molar-refractivity contribution in [3.8, 4) is 0 Å². The lowest BCUT2D eigenvalue weighted by Gasteiger charge is -2.10. The number of amides is 1. The van der Waals surface area contributed by atoms with Gasteiger partial charge in [0.25, 0.3) is 5.91 Å². The van der Waals surface area contributed by atoms with E-state index < -0.39 is 0 Å². The molecule has 0 fully saturated rings. The molecule has 2 rings (SSSR count). The number of nitrogen functional groups attached to an aromatic ring is 1. The second-order valence-electron chi connectivity index (χ2n) is 5.76. The van der Waals surface area contributed by atoms with Crippen LogP contribution in [0.15, 0.2) is 48.5 Å². The third-order valence-electron chi connectivity index (χ3n) is 3.67. The quantitative estimate of drug-likeness (QED) is 0.508. The topological polar surface area (TPSA) is 73.6 Å². The number of hydrogen-bond donors (Lipinski definition) is 2.